The maximum atomic E-state index is 5.70. The fourth-order valence-electron chi connectivity index (χ4n) is 2.13. The van der Waals surface area contributed by atoms with Crippen LogP contribution in [0.3, 0.4) is 0 Å². The first-order valence-electron chi connectivity index (χ1n) is 6.35. The first-order chi connectivity index (χ1) is 8.18. The van der Waals surface area contributed by atoms with Gasteiger partial charge >= 0.3 is 113 Å². The Bertz CT molecular complexity index is 228. The molecule has 0 unspecified atom stereocenters. The molecule has 2 nitrogen and oxygen atoms in total. The van der Waals surface area contributed by atoms with Crippen molar-refractivity contribution in [3.8, 4) is 0 Å². The molecule has 0 spiro atoms. The van der Waals surface area contributed by atoms with E-state index in [0.717, 1.165) is 6.61 Å². The summed E-state index contributed by atoms with van der Waals surface area (Å²) in [6.45, 7) is 3.25. The van der Waals surface area contributed by atoms with Crippen LogP contribution in [0.15, 0.2) is 0 Å². The Morgan fingerprint density at radius 1 is 1.47 bits per heavy atom. The molecule has 95 valence electrons. The fourth-order valence-corrected chi connectivity index (χ4v) is 4.67. The Morgan fingerprint density at radius 2 is 2.29 bits per heavy atom. The summed E-state index contributed by atoms with van der Waals surface area (Å²) < 4.78 is 5.70. The third-order valence-electron chi connectivity index (χ3n) is 3.48. The molecule has 1 saturated heterocycles. The van der Waals surface area contributed by atoms with Gasteiger partial charge in [0.2, 0.25) is 0 Å². The molecular formula is C14H22NOSe. The van der Waals surface area contributed by atoms with Crippen molar-refractivity contribution in [2.24, 2.45) is 0 Å². The van der Waals surface area contributed by atoms with Crippen molar-refractivity contribution in [2.45, 2.75) is 37.2 Å². The standard InChI is InChI=1S/C14H22NOSe/c1-11(15(2)3)13-7-4-8-14(13)17-10-12-6-5-9-16-12/h4,7-8,11-12H,5-6,9-10H2,1-3H3/t11-,12-/m0/s1. The van der Waals surface area contributed by atoms with E-state index in [4.69, 9.17) is 4.74 Å². The van der Waals surface area contributed by atoms with Gasteiger partial charge in [0.25, 0.3) is 0 Å². The van der Waals surface area contributed by atoms with E-state index in [-0.39, 0.29) is 0 Å². The van der Waals surface area contributed by atoms with Crippen LogP contribution in [0.2, 0.25) is 5.32 Å². The molecule has 1 saturated carbocycles. The predicted molar refractivity (Wildman–Crippen MR) is 72.1 cm³/mol. The second-order valence-electron chi connectivity index (χ2n) is 4.93. The Hall–Kier alpha value is 0.439. The second kappa shape index (κ2) is 6.56. The molecular weight excluding hydrogens is 277 g/mol. The zero-order chi connectivity index (χ0) is 12.3. The van der Waals surface area contributed by atoms with Crippen LogP contribution >= 0.6 is 0 Å². The van der Waals surface area contributed by atoms with Crippen molar-refractivity contribution < 1.29 is 4.74 Å². The minimum atomic E-state index is 0.520. The fraction of sp³-hybridized carbons (Fsp3) is 0.643. The topological polar surface area (TPSA) is 12.5 Å². The molecule has 2 aliphatic rings. The van der Waals surface area contributed by atoms with Gasteiger partial charge in [-0.15, -0.1) is 0 Å². The van der Waals surface area contributed by atoms with Crippen LogP contribution in [0.4, 0.5) is 0 Å². The minimum absolute atomic E-state index is 0.520. The van der Waals surface area contributed by atoms with Crippen molar-refractivity contribution >= 4 is 15.0 Å². The summed E-state index contributed by atoms with van der Waals surface area (Å²) in [7, 11) is 4.29. The summed E-state index contributed by atoms with van der Waals surface area (Å²) in [5.74, 6) is 1.51. The van der Waals surface area contributed by atoms with Gasteiger partial charge in [-0.25, -0.2) is 0 Å². The molecule has 1 aliphatic heterocycles. The summed E-state index contributed by atoms with van der Waals surface area (Å²) >= 11 is 0.568. The first kappa shape index (κ1) is 13.9. The number of nitrogens with zero attached hydrogens (tertiary/aromatic N) is 1. The molecule has 2 fully saturated rings. The Kier molecular flexibility index (Phi) is 5.35. The van der Waals surface area contributed by atoms with E-state index in [0.29, 0.717) is 27.1 Å². The van der Waals surface area contributed by atoms with Gasteiger partial charge in [-0.05, 0) is 0 Å². The average molecular weight is 299 g/mol. The molecule has 17 heavy (non-hydrogen) atoms. The van der Waals surface area contributed by atoms with Gasteiger partial charge in [-0.2, -0.15) is 0 Å². The third kappa shape index (κ3) is 3.70. The van der Waals surface area contributed by atoms with E-state index >= 15 is 0 Å². The van der Waals surface area contributed by atoms with Gasteiger partial charge < -0.3 is 0 Å². The average Bonchev–Trinajstić information content (AvgIpc) is 2.96. The van der Waals surface area contributed by atoms with Crippen LogP contribution in [-0.2, 0) is 4.74 Å². The molecule has 1 aliphatic carbocycles. The van der Waals surface area contributed by atoms with Crippen LogP contribution < -0.4 is 0 Å². The molecule has 0 N–H and O–H groups in total. The van der Waals surface area contributed by atoms with Gasteiger partial charge in [0.15, 0.2) is 0 Å². The molecule has 0 amide bonds. The van der Waals surface area contributed by atoms with Crippen LogP contribution in [0, 0.1) is 30.0 Å². The summed E-state index contributed by atoms with van der Waals surface area (Å²) in [5, 5.41) is 1.24. The van der Waals surface area contributed by atoms with Crippen molar-refractivity contribution in [1.82, 2.24) is 4.90 Å². The Morgan fingerprint density at radius 3 is 2.94 bits per heavy atom. The van der Waals surface area contributed by atoms with Gasteiger partial charge in [-0.1, -0.05) is 0 Å². The Labute approximate surface area is 113 Å². The van der Waals surface area contributed by atoms with E-state index in [1.807, 2.05) is 0 Å². The summed E-state index contributed by atoms with van der Waals surface area (Å²) in [5.41, 5.74) is 0. The van der Waals surface area contributed by atoms with E-state index < -0.39 is 0 Å². The zero-order valence-corrected chi connectivity index (χ0v) is 12.7. The Balaban J connectivity index is 1.78. The van der Waals surface area contributed by atoms with E-state index in [1.165, 1.54) is 24.1 Å². The molecule has 0 aromatic heterocycles. The van der Waals surface area contributed by atoms with Gasteiger partial charge in [0, 0.05) is 0 Å². The van der Waals surface area contributed by atoms with Crippen LogP contribution in [-0.4, -0.2) is 52.7 Å². The summed E-state index contributed by atoms with van der Waals surface area (Å²) in [4.78, 5) is 3.84. The molecule has 5 radical (unpaired) electrons. The quantitative estimate of drug-likeness (QED) is 0.720. The first-order valence-corrected chi connectivity index (χ1v) is 8.41. The van der Waals surface area contributed by atoms with E-state index in [2.05, 4.69) is 45.2 Å². The second-order valence-corrected chi connectivity index (χ2v) is 7.16. The number of hydrogen-bond acceptors (Lipinski definition) is 2. The van der Waals surface area contributed by atoms with Crippen molar-refractivity contribution in [3.05, 3.63) is 30.0 Å². The zero-order valence-electron chi connectivity index (χ0n) is 11.0. The molecule has 2 rings (SSSR count). The maximum absolute atomic E-state index is 5.70. The molecule has 0 bridgehead atoms. The number of rotatable bonds is 5. The van der Waals surface area contributed by atoms with Crippen LogP contribution in [0.5, 0.6) is 0 Å². The number of ether oxygens (including phenoxy) is 1. The van der Waals surface area contributed by atoms with Crippen molar-refractivity contribution in [1.29, 1.82) is 0 Å². The van der Waals surface area contributed by atoms with Gasteiger partial charge in [-0.3, -0.25) is 0 Å². The molecule has 2 atom stereocenters. The number of hydrogen-bond donors (Lipinski definition) is 0. The van der Waals surface area contributed by atoms with E-state index in [1.54, 1.807) is 4.82 Å². The molecule has 3 heteroatoms. The molecule has 0 aromatic carbocycles. The monoisotopic (exact) mass is 300 g/mol. The van der Waals surface area contributed by atoms with Crippen LogP contribution in [0.1, 0.15) is 19.8 Å². The third-order valence-corrected chi connectivity index (χ3v) is 6.04. The SMILES string of the molecule is C[C@@H]([C]1[CH][CH][CH][C]1[Se]C[C@@H]1CCCO1)N(C)C. The van der Waals surface area contributed by atoms with Gasteiger partial charge in [0.05, 0.1) is 0 Å². The molecule has 0 aromatic rings. The van der Waals surface area contributed by atoms with Crippen molar-refractivity contribution in [3.63, 3.8) is 0 Å². The predicted octanol–water partition coefficient (Wildman–Crippen LogP) is 1.97. The normalized spacial score (nSPS) is 29.3. The summed E-state index contributed by atoms with van der Waals surface area (Å²) in [6, 6.07) is 0.520. The van der Waals surface area contributed by atoms with E-state index in [9.17, 15) is 0 Å². The molecule has 1 heterocycles. The van der Waals surface area contributed by atoms with Crippen LogP contribution in [0.25, 0.3) is 0 Å². The van der Waals surface area contributed by atoms with Crippen molar-refractivity contribution in [2.75, 3.05) is 20.7 Å². The summed E-state index contributed by atoms with van der Waals surface area (Å²) in [6.07, 6.45) is 9.82. The van der Waals surface area contributed by atoms with Gasteiger partial charge in [0.1, 0.15) is 0 Å².